The van der Waals surface area contributed by atoms with Crippen LogP contribution in [0.15, 0.2) is 53.5 Å². The maximum Gasteiger partial charge on any atom is 0.387 e. The van der Waals surface area contributed by atoms with Crippen LogP contribution in [-0.2, 0) is 6.54 Å². The molecule has 2 rings (SSSR count). The van der Waals surface area contributed by atoms with Gasteiger partial charge in [-0.05, 0) is 36.8 Å². The van der Waals surface area contributed by atoms with E-state index in [1.165, 1.54) is 6.07 Å². The van der Waals surface area contributed by atoms with E-state index in [4.69, 9.17) is 9.47 Å². The fraction of sp³-hybridized carbons (Fsp3) is 0.350. The second-order valence-electron chi connectivity index (χ2n) is 5.61. The van der Waals surface area contributed by atoms with Crippen molar-refractivity contribution in [1.82, 2.24) is 10.6 Å². The van der Waals surface area contributed by atoms with Gasteiger partial charge in [-0.25, -0.2) is 0 Å². The predicted octanol–water partition coefficient (Wildman–Crippen LogP) is 4.05. The Morgan fingerprint density at radius 1 is 1.03 bits per heavy atom. The van der Waals surface area contributed by atoms with Crippen molar-refractivity contribution in [3.05, 3.63) is 54.1 Å². The number of benzene rings is 2. The molecule has 9 heteroatoms. The molecule has 2 N–H and O–H groups in total. The molecule has 0 aliphatic heterocycles. The Morgan fingerprint density at radius 2 is 1.79 bits per heavy atom. The van der Waals surface area contributed by atoms with E-state index in [2.05, 4.69) is 20.4 Å². The summed E-state index contributed by atoms with van der Waals surface area (Å²) in [5.74, 6) is 1.70. The van der Waals surface area contributed by atoms with Crippen molar-refractivity contribution in [3.8, 4) is 17.2 Å². The van der Waals surface area contributed by atoms with Crippen LogP contribution in [0.3, 0.4) is 0 Å². The topological polar surface area (TPSA) is 64.1 Å². The number of hydrogen-bond donors (Lipinski definition) is 2. The van der Waals surface area contributed by atoms with Crippen LogP contribution in [-0.4, -0.2) is 39.4 Å². The highest BCUT2D eigenvalue weighted by Gasteiger charge is 2.11. The number of alkyl halides is 2. The number of nitrogens with zero attached hydrogens (tertiary/aromatic N) is 1. The van der Waals surface area contributed by atoms with Gasteiger partial charge in [0.2, 0.25) is 0 Å². The van der Waals surface area contributed by atoms with Gasteiger partial charge in [-0.1, -0.05) is 24.3 Å². The number of halogens is 3. The second-order valence-corrected chi connectivity index (χ2v) is 5.61. The lowest BCUT2D eigenvalue weighted by Gasteiger charge is -2.15. The van der Waals surface area contributed by atoms with Crippen molar-refractivity contribution >= 4 is 29.9 Å². The first-order chi connectivity index (χ1) is 13.6. The van der Waals surface area contributed by atoms with Gasteiger partial charge in [-0.3, -0.25) is 4.99 Å². The van der Waals surface area contributed by atoms with Gasteiger partial charge in [0.25, 0.3) is 0 Å². The molecule has 0 saturated heterocycles. The Balaban J connectivity index is 0.00000420. The molecular formula is C20H26F2IN3O3. The monoisotopic (exact) mass is 521 g/mol. The third-order valence-corrected chi connectivity index (χ3v) is 3.61. The van der Waals surface area contributed by atoms with Crippen LogP contribution in [0.2, 0.25) is 0 Å². The number of nitrogens with one attached hydrogen (secondary N) is 2. The van der Waals surface area contributed by atoms with Gasteiger partial charge in [0.05, 0.1) is 13.2 Å². The number of hydrogen-bond acceptors (Lipinski definition) is 4. The fourth-order valence-electron chi connectivity index (χ4n) is 2.39. The molecule has 0 saturated carbocycles. The van der Waals surface area contributed by atoms with Crippen LogP contribution in [0, 0.1) is 0 Å². The van der Waals surface area contributed by atoms with Gasteiger partial charge >= 0.3 is 6.61 Å². The van der Waals surface area contributed by atoms with E-state index in [1.807, 2.05) is 30.3 Å². The molecule has 6 nitrogen and oxygen atoms in total. The molecule has 29 heavy (non-hydrogen) atoms. The Morgan fingerprint density at radius 3 is 2.45 bits per heavy atom. The van der Waals surface area contributed by atoms with Crippen LogP contribution < -0.4 is 24.8 Å². The van der Waals surface area contributed by atoms with E-state index in [1.54, 1.807) is 26.1 Å². The van der Waals surface area contributed by atoms with E-state index in [0.29, 0.717) is 32.3 Å². The smallest absolute Gasteiger partial charge is 0.387 e. The molecular weight excluding hydrogens is 495 g/mol. The van der Waals surface area contributed by atoms with Gasteiger partial charge in [0.1, 0.15) is 12.4 Å². The SMILES string of the molecule is CCOc1cc(CNC(=NC)NCCOc2ccccc2)ccc1OC(F)F.I. The third-order valence-electron chi connectivity index (χ3n) is 3.61. The minimum absolute atomic E-state index is 0. The molecule has 0 radical (unpaired) electrons. The van der Waals surface area contributed by atoms with E-state index >= 15 is 0 Å². The largest absolute Gasteiger partial charge is 0.492 e. The Labute approximate surface area is 186 Å². The molecule has 0 unspecified atom stereocenters. The van der Waals surface area contributed by atoms with Crippen LogP contribution in [0.5, 0.6) is 17.2 Å². The highest BCUT2D eigenvalue weighted by atomic mass is 127. The van der Waals surface area contributed by atoms with Gasteiger partial charge in [0, 0.05) is 13.6 Å². The summed E-state index contributed by atoms with van der Waals surface area (Å²) in [5, 5.41) is 6.30. The highest BCUT2D eigenvalue weighted by molar-refractivity contribution is 14.0. The molecule has 0 amide bonds. The normalized spacial score (nSPS) is 10.9. The number of aliphatic imine (C=N–C) groups is 1. The highest BCUT2D eigenvalue weighted by Crippen LogP contribution is 2.29. The molecule has 160 valence electrons. The van der Waals surface area contributed by atoms with Crippen molar-refractivity contribution in [2.24, 2.45) is 4.99 Å². The first-order valence-electron chi connectivity index (χ1n) is 8.95. The summed E-state index contributed by atoms with van der Waals surface area (Å²) >= 11 is 0. The zero-order valence-corrected chi connectivity index (χ0v) is 18.7. The first kappa shape index (κ1) is 24.7. The Kier molecular flexibility index (Phi) is 11.8. The van der Waals surface area contributed by atoms with Crippen LogP contribution in [0.25, 0.3) is 0 Å². The summed E-state index contributed by atoms with van der Waals surface area (Å²) in [4.78, 5) is 4.15. The quantitative estimate of drug-likeness (QED) is 0.214. The molecule has 0 bridgehead atoms. The zero-order valence-electron chi connectivity index (χ0n) is 16.4. The summed E-state index contributed by atoms with van der Waals surface area (Å²) in [6.07, 6.45) is 0. The molecule has 0 aliphatic rings. The lowest BCUT2D eigenvalue weighted by molar-refractivity contribution is -0.0514. The fourth-order valence-corrected chi connectivity index (χ4v) is 2.39. The van der Waals surface area contributed by atoms with Gasteiger partial charge in [-0.15, -0.1) is 24.0 Å². The summed E-state index contributed by atoms with van der Waals surface area (Å²) in [6.45, 7) is 0.721. The molecule has 0 atom stereocenters. The average molecular weight is 521 g/mol. The van der Waals surface area contributed by atoms with Crippen molar-refractivity contribution in [1.29, 1.82) is 0 Å². The zero-order chi connectivity index (χ0) is 20.2. The van der Waals surface area contributed by atoms with Gasteiger partial charge in [-0.2, -0.15) is 8.78 Å². The van der Waals surface area contributed by atoms with Crippen LogP contribution in [0.4, 0.5) is 8.78 Å². The predicted molar refractivity (Wildman–Crippen MR) is 120 cm³/mol. The average Bonchev–Trinajstić information content (AvgIpc) is 2.70. The maximum absolute atomic E-state index is 12.5. The van der Waals surface area contributed by atoms with E-state index in [9.17, 15) is 8.78 Å². The van der Waals surface area contributed by atoms with Crippen LogP contribution in [0.1, 0.15) is 12.5 Å². The van der Waals surface area contributed by atoms with Crippen molar-refractivity contribution in [2.45, 2.75) is 20.1 Å². The third kappa shape index (κ3) is 9.16. The van der Waals surface area contributed by atoms with Crippen molar-refractivity contribution in [3.63, 3.8) is 0 Å². The van der Waals surface area contributed by atoms with Crippen LogP contribution >= 0.6 is 24.0 Å². The molecule has 0 fully saturated rings. The minimum atomic E-state index is -2.90. The standard InChI is InChI=1S/C20H25F2N3O3.HI/c1-3-26-18-13-15(9-10-17(18)28-19(21)22)14-25-20(23-2)24-11-12-27-16-7-5-4-6-8-16;/h4-10,13,19H,3,11-12,14H2,1-2H3,(H2,23,24,25);1H. The Bertz CT molecular complexity index is 749. The van der Waals surface area contributed by atoms with Gasteiger partial charge in [0.15, 0.2) is 17.5 Å². The molecule has 2 aromatic rings. The molecule has 0 heterocycles. The number of ether oxygens (including phenoxy) is 3. The van der Waals surface area contributed by atoms with E-state index < -0.39 is 6.61 Å². The lowest BCUT2D eigenvalue weighted by atomic mass is 10.2. The minimum Gasteiger partial charge on any atom is -0.492 e. The van der Waals surface area contributed by atoms with E-state index in [0.717, 1.165) is 11.3 Å². The van der Waals surface area contributed by atoms with Crippen molar-refractivity contribution in [2.75, 3.05) is 26.8 Å². The summed E-state index contributed by atoms with van der Waals surface area (Å²) in [7, 11) is 1.67. The number of guanidine groups is 1. The molecule has 0 spiro atoms. The molecule has 0 aliphatic carbocycles. The number of para-hydroxylation sites is 1. The van der Waals surface area contributed by atoms with Gasteiger partial charge < -0.3 is 24.8 Å². The molecule has 0 aromatic heterocycles. The molecule has 2 aromatic carbocycles. The lowest BCUT2D eigenvalue weighted by Crippen LogP contribution is -2.38. The second kappa shape index (κ2) is 13.8. The summed E-state index contributed by atoms with van der Waals surface area (Å²) in [6, 6.07) is 14.4. The first-order valence-corrected chi connectivity index (χ1v) is 8.95. The number of rotatable bonds is 10. The van der Waals surface area contributed by atoms with E-state index in [-0.39, 0.29) is 35.5 Å². The Hall–Kier alpha value is -2.30. The van der Waals surface area contributed by atoms with Crippen molar-refractivity contribution < 1.29 is 23.0 Å². The maximum atomic E-state index is 12.5. The summed E-state index contributed by atoms with van der Waals surface area (Å²) in [5.41, 5.74) is 0.841. The summed E-state index contributed by atoms with van der Waals surface area (Å²) < 4.78 is 40.4.